The smallest absolute Gasteiger partial charge is 0.424 e. The number of hydrogen-bond acceptors (Lipinski definition) is 4. The van der Waals surface area contributed by atoms with Gasteiger partial charge in [-0.1, -0.05) is 11.6 Å². The van der Waals surface area contributed by atoms with Crippen molar-refractivity contribution in [2.75, 3.05) is 0 Å². The van der Waals surface area contributed by atoms with E-state index >= 15 is 0 Å². The van der Waals surface area contributed by atoms with Crippen molar-refractivity contribution < 1.29 is 32.2 Å². The van der Waals surface area contributed by atoms with Crippen molar-refractivity contribution in [2.45, 2.75) is 13.3 Å². The first-order chi connectivity index (χ1) is 12.6. The van der Waals surface area contributed by atoms with Crippen LogP contribution in [0.5, 0.6) is 11.5 Å². The van der Waals surface area contributed by atoms with Crippen LogP contribution in [0.4, 0.5) is 13.2 Å². The van der Waals surface area contributed by atoms with Crippen LogP contribution in [0.1, 0.15) is 23.0 Å². The van der Waals surface area contributed by atoms with E-state index in [-0.39, 0.29) is 17.0 Å². The molecule has 0 fully saturated rings. The van der Waals surface area contributed by atoms with Gasteiger partial charge < -0.3 is 14.5 Å². The monoisotopic (exact) mass is 397 g/mol. The molecule has 0 saturated carbocycles. The van der Waals surface area contributed by atoms with Crippen LogP contribution in [0.2, 0.25) is 5.02 Å². The van der Waals surface area contributed by atoms with Crippen LogP contribution < -0.4 is 9.47 Å². The van der Waals surface area contributed by atoms with E-state index in [4.69, 9.17) is 16.3 Å². The summed E-state index contributed by atoms with van der Waals surface area (Å²) in [5.41, 5.74) is 0.568. The fourth-order valence-electron chi connectivity index (χ4n) is 2.50. The summed E-state index contributed by atoms with van der Waals surface area (Å²) in [6.07, 6.45) is -4.83. The first kappa shape index (κ1) is 18.8. The number of hydrogen-bond donors (Lipinski definition) is 1. The molecule has 2 aromatic carbocycles. The summed E-state index contributed by atoms with van der Waals surface area (Å²) in [4.78, 5) is 27.1. The van der Waals surface area contributed by atoms with Gasteiger partial charge in [0, 0.05) is 28.4 Å². The molecule has 3 aromatic rings. The van der Waals surface area contributed by atoms with Gasteiger partial charge in [0.15, 0.2) is 5.75 Å². The molecule has 0 aliphatic rings. The van der Waals surface area contributed by atoms with Crippen LogP contribution in [-0.4, -0.2) is 23.1 Å². The normalized spacial score (nSPS) is 11.4. The molecule has 1 aromatic heterocycles. The van der Waals surface area contributed by atoms with E-state index in [0.29, 0.717) is 15.9 Å². The number of rotatable bonds is 4. The van der Waals surface area contributed by atoms with Gasteiger partial charge >= 0.3 is 12.3 Å². The maximum absolute atomic E-state index is 12.8. The Morgan fingerprint density at radius 3 is 2.33 bits per heavy atom. The summed E-state index contributed by atoms with van der Waals surface area (Å²) in [6.45, 7) is 1.18. The predicted octanol–water partition coefficient (Wildman–Crippen LogP) is 4.88. The number of alkyl halides is 3. The van der Waals surface area contributed by atoms with E-state index in [9.17, 15) is 22.8 Å². The lowest BCUT2D eigenvalue weighted by Gasteiger charge is -2.09. The highest BCUT2D eigenvalue weighted by Gasteiger charge is 2.31. The summed E-state index contributed by atoms with van der Waals surface area (Å²) in [5.74, 6) is -1.67. The van der Waals surface area contributed by atoms with E-state index in [1.54, 1.807) is 12.1 Å². The average molecular weight is 398 g/mol. The molecule has 0 saturated heterocycles. The molecule has 0 aliphatic carbocycles. The van der Waals surface area contributed by atoms with E-state index in [1.165, 1.54) is 25.1 Å². The summed E-state index contributed by atoms with van der Waals surface area (Å²) >= 11 is 5.96. The van der Waals surface area contributed by atoms with Crippen molar-refractivity contribution in [3.63, 3.8) is 0 Å². The van der Waals surface area contributed by atoms with E-state index in [0.717, 1.165) is 12.1 Å². The Balaban J connectivity index is 2.01. The minimum absolute atomic E-state index is 0.000572. The molecule has 1 heterocycles. The number of fused-ring (bicyclic) bond motifs is 1. The van der Waals surface area contributed by atoms with Crippen LogP contribution in [-0.2, 0) is 4.79 Å². The fraction of sp³-hybridized carbons (Fsp3) is 0.111. The molecule has 140 valence electrons. The Bertz CT molecular complexity index is 1030. The zero-order valence-electron chi connectivity index (χ0n) is 13.7. The number of ketones is 1. The second kappa shape index (κ2) is 6.96. The van der Waals surface area contributed by atoms with Crippen LogP contribution in [0, 0.1) is 0 Å². The van der Waals surface area contributed by atoms with Crippen molar-refractivity contribution in [3.05, 3.63) is 58.7 Å². The molecule has 3 rings (SSSR count). The quantitative estimate of drug-likeness (QED) is 0.503. The Morgan fingerprint density at radius 1 is 1.07 bits per heavy atom. The first-order valence-corrected chi connectivity index (χ1v) is 7.92. The maximum atomic E-state index is 12.8. The zero-order chi connectivity index (χ0) is 19.8. The van der Waals surface area contributed by atoms with Gasteiger partial charge in [0.2, 0.25) is 5.78 Å². The second-order valence-electron chi connectivity index (χ2n) is 5.51. The summed E-state index contributed by atoms with van der Waals surface area (Å²) in [5, 5.41) is 0.806. The molecule has 0 amide bonds. The lowest BCUT2D eigenvalue weighted by molar-refractivity contribution is -0.274. The topological polar surface area (TPSA) is 68.4 Å². The van der Waals surface area contributed by atoms with Crippen molar-refractivity contribution in [1.29, 1.82) is 0 Å². The molecule has 0 atom stereocenters. The molecule has 0 spiro atoms. The third kappa shape index (κ3) is 4.22. The minimum atomic E-state index is -4.83. The van der Waals surface area contributed by atoms with Gasteiger partial charge in [-0.05, 0) is 42.5 Å². The molecular weight excluding hydrogens is 387 g/mol. The van der Waals surface area contributed by atoms with Crippen LogP contribution in [0.25, 0.3) is 10.9 Å². The zero-order valence-corrected chi connectivity index (χ0v) is 14.4. The molecular formula is C18H11ClF3NO4. The summed E-state index contributed by atoms with van der Waals surface area (Å²) in [6, 6.07) is 9.14. The van der Waals surface area contributed by atoms with Crippen LogP contribution in [0.3, 0.4) is 0 Å². The highest BCUT2D eigenvalue weighted by molar-refractivity contribution is 6.31. The van der Waals surface area contributed by atoms with E-state index in [1.807, 2.05) is 0 Å². The fourth-order valence-corrected chi connectivity index (χ4v) is 2.67. The molecule has 27 heavy (non-hydrogen) atoms. The van der Waals surface area contributed by atoms with E-state index < -0.39 is 23.9 Å². The lowest BCUT2D eigenvalue weighted by Crippen LogP contribution is -2.17. The van der Waals surface area contributed by atoms with Gasteiger partial charge in [-0.15, -0.1) is 13.2 Å². The van der Waals surface area contributed by atoms with Gasteiger partial charge in [0.25, 0.3) is 0 Å². The Labute approximate surface area is 155 Å². The van der Waals surface area contributed by atoms with Crippen molar-refractivity contribution in [3.8, 4) is 11.5 Å². The van der Waals surface area contributed by atoms with Crippen molar-refractivity contribution in [2.24, 2.45) is 0 Å². The van der Waals surface area contributed by atoms with Gasteiger partial charge in [-0.25, -0.2) is 0 Å². The Morgan fingerprint density at radius 2 is 1.74 bits per heavy atom. The minimum Gasteiger partial charge on any atom is -0.424 e. The van der Waals surface area contributed by atoms with Crippen LogP contribution >= 0.6 is 11.6 Å². The van der Waals surface area contributed by atoms with Crippen LogP contribution in [0.15, 0.2) is 42.5 Å². The molecule has 0 unspecified atom stereocenters. The number of H-pyrrole nitrogens is 1. The van der Waals surface area contributed by atoms with E-state index in [2.05, 4.69) is 9.72 Å². The first-order valence-electron chi connectivity index (χ1n) is 7.54. The summed E-state index contributed by atoms with van der Waals surface area (Å²) in [7, 11) is 0. The molecule has 0 radical (unpaired) electrons. The Kier molecular flexibility index (Phi) is 4.84. The molecule has 0 aliphatic heterocycles. The number of ether oxygens (including phenoxy) is 2. The van der Waals surface area contributed by atoms with Gasteiger partial charge in [0.05, 0.1) is 0 Å². The van der Waals surface area contributed by atoms with Gasteiger partial charge in [0.1, 0.15) is 11.4 Å². The second-order valence-corrected chi connectivity index (χ2v) is 5.95. The number of aromatic amines is 1. The molecule has 0 bridgehead atoms. The van der Waals surface area contributed by atoms with Gasteiger partial charge in [-0.2, -0.15) is 0 Å². The number of benzene rings is 2. The predicted molar refractivity (Wildman–Crippen MR) is 91.2 cm³/mol. The molecule has 5 nitrogen and oxygen atoms in total. The third-order valence-electron chi connectivity index (χ3n) is 3.54. The highest BCUT2D eigenvalue weighted by Crippen LogP contribution is 2.34. The summed E-state index contributed by atoms with van der Waals surface area (Å²) < 4.78 is 45.7. The average Bonchev–Trinajstić information content (AvgIpc) is 2.91. The third-order valence-corrected chi connectivity index (χ3v) is 3.77. The Hall–Kier alpha value is -3.00. The largest absolute Gasteiger partial charge is 0.573 e. The van der Waals surface area contributed by atoms with Crippen molar-refractivity contribution in [1.82, 2.24) is 4.98 Å². The highest BCUT2D eigenvalue weighted by atomic mass is 35.5. The number of carbonyl (C=O) groups excluding carboxylic acids is 2. The standard InChI is InChI=1S/C18H11ClF3NO4/c1-9(24)26-17-13-8-11(19)4-7-14(13)23-15(17)16(25)10-2-5-12(6-3-10)27-18(20,21)22/h2-8,23H,1H3. The number of nitrogens with one attached hydrogen (secondary N) is 1. The number of aromatic nitrogens is 1. The van der Waals surface area contributed by atoms with Gasteiger partial charge in [-0.3, -0.25) is 9.59 Å². The molecule has 1 N–H and O–H groups in total. The lowest BCUT2D eigenvalue weighted by atomic mass is 10.1. The maximum Gasteiger partial charge on any atom is 0.573 e. The number of esters is 1. The SMILES string of the molecule is CC(=O)Oc1c(C(=O)c2ccc(OC(F)(F)F)cc2)[nH]c2ccc(Cl)cc12. The number of carbonyl (C=O) groups is 2. The van der Waals surface area contributed by atoms with Crippen molar-refractivity contribution >= 4 is 34.3 Å². The number of halogens is 4. The molecule has 9 heteroatoms.